The van der Waals surface area contributed by atoms with E-state index in [4.69, 9.17) is 16.1 Å². The van der Waals surface area contributed by atoms with Crippen molar-refractivity contribution in [3.63, 3.8) is 0 Å². The van der Waals surface area contributed by atoms with Crippen molar-refractivity contribution in [2.24, 2.45) is 0 Å². The highest BCUT2D eigenvalue weighted by atomic mass is 35.5. The van der Waals surface area contributed by atoms with Gasteiger partial charge in [-0.25, -0.2) is 4.79 Å². The number of imidazole rings is 1. The molecule has 0 amide bonds. The van der Waals surface area contributed by atoms with Crippen molar-refractivity contribution < 1.29 is 4.52 Å². The first-order valence-electron chi connectivity index (χ1n) is 10.3. The molecule has 0 aromatic carbocycles. The zero-order chi connectivity index (χ0) is 21.8. The van der Waals surface area contributed by atoms with E-state index in [1.807, 2.05) is 17.5 Å². The van der Waals surface area contributed by atoms with Gasteiger partial charge in [-0.2, -0.15) is 9.97 Å². The van der Waals surface area contributed by atoms with Gasteiger partial charge in [0.25, 0.3) is 11.4 Å². The molecular weight excluding hydrogens is 440 g/mol. The second kappa shape index (κ2) is 9.61. The number of unbranched alkanes of at least 4 members (excludes halogenated alkanes) is 3. The molecule has 0 saturated carbocycles. The van der Waals surface area contributed by atoms with Crippen molar-refractivity contribution >= 4 is 34.1 Å². The molecule has 0 aliphatic rings. The molecule has 0 radical (unpaired) electrons. The van der Waals surface area contributed by atoms with E-state index in [-0.39, 0.29) is 16.5 Å². The fourth-order valence-electron chi connectivity index (χ4n) is 3.47. The first-order chi connectivity index (χ1) is 15.1. The number of hydrogen-bond donors (Lipinski definition) is 1. The minimum Gasteiger partial charge on any atom is -0.333 e. The normalized spacial score (nSPS) is 11.5. The molecule has 0 unspecified atom stereocenters. The molecule has 0 atom stereocenters. The van der Waals surface area contributed by atoms with Crippen LogP contribution in [0.25, 0.3) is 21.9 Å². The van der Waals surface area contributed by atoms with E-state index < -0.39 is 5.56 Å². The summed E-state index contributed by atoms with van der Waals surface area (Å²) in [5.74, 6) is 1.13. The number of halogens is 1. The molecule has 4 heterocycles. The van der Waals surface area contributed by atoms with Crippen molar-refractivity contribution in [2.45, 2.75) is 58.5 Å². The highest BCUT2D eigenvalue weighted by Crippen LogP contribution is 2.22. The molecular formula is C20H23ClN6O3S. The van der Waals surface area contributed by atoms with Gasteiger partial charge >= 0.3 is 5.69 Å². The number of aryl methyl sites for hydroxylation is 2. The van der Waals surface area contributed by atoms with Crippen molar-refractivity contribution in [3.05, 3.63) is 49.5 Å². The Hall–Kier alpha value is -2.72. The zero-order valence-corrected chi connectivity index (χ0v) is 18.7. The Morgan fingerprint density at radius 2 is 1.94 bits per heavy atom. The largest absolute Gasteiger partial charge is 0.333 e. The van der Waals surface area contributed by atoms with Gasteiger partial charge in [0.15, 0.2) is 17.0 Å². The van der Waals surface area contributed by atoms with Gasteiger partial charge in [-0.15, -0.1) is 11.3 Å². The van der Waals surface area contributed by atoms with Crippen molar-refractivity contribution in [1.29, 1.82) is 0 Å². The lowest BCUT2D eigenvalue weighted by molar-refractivity contribution is 0.421. The number of nitrogens with one attached hydrogen (secondary N) is 1. The number of nitrogens with zero attached hydrogens (tertiary/aromatic N) is 5. The maximum Gasteiger partial charge on any atom is 0.332 e. The second-order valence-corrected chi connectivity index (χ2v) is 8.58. The van der Waals surface area contributed by atoms with Crippen LogP contribution in [0.2, 0.25) is 5.28 Å². The Labute approximate surface area is 186 Å². The van der Waals surface area contributed by atoms with Crippen LogP contribution in [0.3, 0.4) is 0 Å². The topological polar surface area (TPSA) is 112 Å². The molecule has 11 heteroatoms. The summed E-state index contributed by atoms with van der Waals surface area (Å²) in [4.78, 5) is 38.1. The predicted molar refractivity (Wildman–Crippen MR) is 120 cm³/mol. The van der Waals surface area contributed by atoms with Crippen LogP contribution in [0.5, 0.6) is 0 Å². The monoisotopic (exact) mass is 462 g/mol. The number of thiophene rings is 1. The molecule has 4 aromatic heterocycles. The van der Waals surface area contributed by atoms with Gasteiger partial charge in [0, 0.05) is 19.5 Å². The van der Waals surface area contributed by atoms with Gasteiger partial charge in [0.1, 0.15) is 0 Å². The third-order valence-corrected chi connectivity index (χ3v) is 6.09. The van der Waals surface area contributed by atoms with Gasteiger partial charge in [0.2, 0.25) is 5.28 Å². The van der Waals surface area contributed by atoms with Crippen molar-refractivity contribution in [2.75, 3.05) is 0 Å². The molecule has 0 aliphatic carbocycles. The number of rotatable bonds is 10. The average Bonchev–Trinajstić information content (AvgIpc) is 3.50. The second-order valence-electron chi connectivity index (χ2n) is 7.27. The summed E-state index contributed by atoms with van der Waals surface area (Å²) in [7, 11) is 0. The molecule has 31 heavy (non-hydrogen) atoms. The summed E-state index contributed by atoms with van der Waals surface area (Å²) in [6.07, 6.45) is 4.80. The average molecular weight is 463 g/mol. The van der Waals surface area contributed by atoms with Crippen LogP contribution in [0, 0.1) is 0 Å². The molecule has 4 aromatic rings. The molecule has 0 fully saturated rings. The minimum absolute atomic E-state index is 0.104. The number of aromatic nitrogens is 6. The molecule has 9 nitrogen and oxygen atoms in total. The van der Waals surface area contributed by atoms with E-state index in [9.17, 15) is 9.59 Å². The first-order valence-corrected chi connectivity index (χ1v) is 11.6. The van der Waals surface area contributed by atoms with E-state index in [1.165, 1.54) is 4.57 Å². The Morgan fingerprint density at radius 1 is 1.13 bits per heavy atom. The number of hydrogen-bond acceptors (Lipinski definition) is 7. The van der Waals surface area contributed by atoms with Gasteiger partial charge in [-0.1, -0.05) is 31.0 Å². The van der Waals surface area contributed by atoms with E-state index in [1.54, 1.807) is 15.9 Å². The molecule has 0 aliphatic heterocycles. The van der Waals surface area contributed by atoms with Crippen LogP contribution in [0.1, 0.15) is 44.9 Å². The number of fused-ring (bicyclic) bond motifs is 1. The van der Waals surface area contributed by atoms with Gasteiger partial charge < -0.3 is 9.51 Å². The predicted octanol–water partition coefficient (Wildman–Crippen LogP) is 3.86. The van der Waals surface area contributed by atoms with Crippen LogP contribution in [-0.2, 0) is 19.5 Å². The summed E-state index contributed by atoms with van der Waals surface area (Å²) in [5, 5.41) is 6.07. The summed E-state index contributed by atoms with van der Waals surface area (Å²) in [5.41, 5.74) is -0.165. The quantitative estimate of drug-likeness (QED) is 0.283. The van der Waals surface area contributed by atoms with Crippen LogP contribution >= 0.6 is 22.9 Å². The van der Waals surface area contributed by atoms with Gasteiger partial charge in [-0.05, 0) is 42.3 Å². The lowest BCUT2D eigenvalue weighted by atomic mass is 10.2. The van der Waals surface area contributed by atoms with Gasteiger partial charge in [0.05, 0.1) is 4.88 Å². The molecule has 1 N–H and O–H groups in total. The Bertz CT molecular complexity index is 1270. The molecule has 4 rings (SSSR count). The molecule has 0 saturated heterocycles. The summed E-state index contributed by atoms with van der Waals surface area (Å²) >= 11 is 7.51. The Kier molecular flexibility index (Phi) is 6.67. The molecule has 164 valence electrons. The minimum atomic E-state index is -0.398. The van der Waals surface area contributed by atoms with Crippen LogP contribution < -0.4 is 11.2 Å². The lowest BCUT2D eigenvalue weighted by Crippen LogP contribution is -2.40. The third kappa shape index (κ3) is 4.64. The number of aromatic amines is 1. The van der Waals surface area contributed by atoms with Crippen LogP contribution in [0.4, 0.5) is 0 Å². The maximum atomic E-state index is 13.0. The smallest absolute Gasteiger partial charge is 0.332 e. The zero-order valence-electron chi connectivity index (χ0n) is 17.1. The fourth-order valence-corrected chi connectivity index (χ4v) is 4.29. The highest BCUT2D eigenvalue weighted by molar-refractivity contribution is 7.13. The van der Waals surface area contributed by atoms with E-state index in [0.29, 0.717) is 49.7 Å². The Balaban J connectivity index is 1.46. The summed E-state index contributed by atoms with van der Waals surface area (Å²) in [6, 6.07) is 3.86. The summed E-state index contributed by atoms with van der Waals surface area (Å²) < 4.78 is 8.10. The highest BCUT2D eigenvalue weighted by Gasteiger charge is 2.17. The third-order valence-electron chi connectivity index (χ3n) is 5.05. The SMILES string of the molecule is CCCCCn1c(=O)n(CCCCc2noc(-c3cccs3)n2)c(=O)c2[nH]c(Cl)nc21. The number of H-pyrrole nitrogens is 1. The van der Waals surface area contributed by atoms with E-state index in [2.05, 4.69) is 27.0 Å². The van der Waals surface area contributed by atoms with Crippen LogP contribution in [0.15, 0.2) is 31.6 Å². The summed E-state index contributed by atoms with van der Waals surface area (Å²) in [6.45, 7) is 2.89. The lowest BCUT2D eigenvalue weighted by Gasteiger charge is -2.11. The van der Waals surface area contributed by atoms with Gasteiger partial charge in [-0.3, -0.25) is 13.9 Å². The van der Waals surface area contributed by atoms with E-state index in [0.717, 1.165) is 24.1 Å². The standard InChI is InChI=1S/C20H23ClN6O3S/c1-2-3-5-10-26-16-15(23-19(21)24-16)18(28)27(20(26)29)11-6-4-9-14-22-17(30-25-14)13-8-7-12-31-13/h7-8,12H,2-6,9-11H2,1H3,(H,23,24). The van der Waals surface area contributed by atoms with E-state index >= 15 is 0 Å². The maximum absolute atomic E-state index is 13.0. The van der Waals surface area contributed by atoms with Crippen molar-refractivity contribution in [3.8, 4) is 10.8 Å². The first kappa shape index (κ1) is 21.5. The molecule has 0 spiro atoms. The Morgan fingerprint density at radius 3 is 2.71 bits per heavy atom. The van der Waals surface area contributed by atoms with Crippen LogP contribution in [-0.4, -0.2) is 29.2 Å². The molecule has 0 bridgehead atoms. The fraction of sp³-hybridized carbons (Fsp3) is 0.450. The van der Waals surface area contributed by atoms with Crippen molar-refractivity contribution in [1.82, 2.24) is 29.2 Å².